The fourth-order valence-corrected chi connectivity index (χ4v) is 3.20. The summed E-state index contributed by atoms with van der Waals surface area (Å²) in [7, 11) is 0. The number of rotatable bonds is 0. The molecule has 0 amide bonds. The Morgan fingerprint density at radius 1 is 0.643 bits per heavy atom. The molecule has 0 nitrogen and oxygen atoms in total. The smallest absolute Gasteiger partial charge is 0.0332 e. The molecule has 0 bridgehead atoms. The van der Waals surface area contributed by atoms with Gasteiger partial charge in [-0.3, -0.25) is 0 Å². The molecule has 0 aliphatic heterocycles. The molecule has 0 aromatic rings. The molecule has 0 heterocycles. The Hall–Kier alpha value is 0. The number of hydrogen-bond acceptors (Lipinski definition) is 0. The Balaban J connectivity index is 2.80. The Labute approximate surface area is 90.5 Å². The highest BCUT2D eigenvalue weighted by atomic mass is 14.4. The Kier molecular flexibility index (Phi) is 3.33. The summed E-state index contributed by atoms with van der Waals surface area (Å²) in [6.07, 6.45) is 5.81. The zero-order valence-electron chi connectivity index (χ0n) is 11.0. The minimum atomic E-state index is 0.498. The molecule has 0 unspecified atom stereocenters. The SMILES string of the molecule is CC(C)(C)[C@@H]1CCCC[C@H]1C(C)(C)C. The fourth-order valence-electron chi connectivity index (χ4n) is 3.20. The van der Waals surface area contributed by atoms with Crippen molar-refractivity contribution in [3.05, 3.63) is 0 Å². The first kappa shape index (κ1) is 12.1. The molecule has 0 saturated heterocycles. The van der Waals surface area contributed by atoms with E-state index in [0.717, 1.165) is 11.8 Å². The maximum absolute atomic E-state index is 2.42. The highest BCUT2D eigenvalue weighted by Gasteiger charge is 2.39. The van der Waals surface area contributed by atoms with Crippen LogP contribution in [-0.4, -0.2) is 0 Å². The predicted molar refractivity (Wildman–Crippen MR) is 64.4 cm³/mol. The van der Waals surface area contributed by atoms with Gasteiger partial charge in [0.15, 0.2) is 0 Å². The third-order valence-electron chi connectivity index (χ3n) is 3.99. The molecule has 2 atom stereocenters. The second-order valence-corrected chi connectivity index (χ2v) is 7.23. The quantitative estimate of drug-likeness (QED) is 0.518. The second-order valence-electron chi connectivity index (χ2n) is 7.23. The molecule has 1 fully saturated rings. The van der Waals surface area contributed by atoms with Gasteiger partial charge in [-0.15, -0.1) is 0 Å². The molecule has 0 aromatic carbocycles. The van der Waals surface area contributed by atoms with Crippen LogP contribution in [0.1, 0.15) is 67.2 Å². The van der Waals surface area contributed by atoms with Gasteiger partial charge >= 0.3 is 0 Å². The van der Waals surface area contributed by atoms with Crippen molar-refractivity contribution in [3.63, 3.8) is 0 Å². The highest BCUT2D eigenvalue weighted by Crippen LogP contribution is 2.48. The van der Waals surface area contributed by atoms with Crippen LogP contribution in [0.2, 0.25) is 0 Å². The van der Waals surface area contributed by atoms with Crippen LogP contribution >= 0.6 is 0 Å². The molecular weight excluding hydrogens is 168 g/mol. The number of hydrogen-bond donors (Lipinski definition) is 0. The van der Waals surface area contributed by atoms with Crippen molar-refractivity contribution in [3.8, 4) is 0 Å². The van der Waals surface area contributed by atoms with E-state index < -0.39 is 0 Å². The zero-order chi connectivity index (χ0) is 11.0. The minimum Gasteiger partial charge on any atom is -0.0599 e. The lowest BCUT2D eigenvalue weighted by Crippen LogP contribution is -2.38. The molecule has 1 rings (SSSR count). The van der Waals surface area contributed by atoms with Crippen molar-refractivity contribution in [2.24, 2.45) is 22.7 Å². The normalized spacial score (nSPS) is 30.4. The lowest BCUT2D eigenvalue weighted by atomic mass is 9.59. The highest BCUT2D eigenvalue weighted by molar-refractivity contribution is 4.89. The molecule has 1 saturated carbocycles. The molecule has 84 valence electrons. The van der Waals surface area contributed by atoms with Crippen molar-refractivity contribution in [1.29, 1.82) is 0 Å². The van der Waals surface area contributed by atoms with Gasteiger partial charge in [-0.05, 0) is 35.5 Å². The summed E-state index contributed by atoms with van der Waals surface area (Å²) in [6, 6.07) is 0. The zero-order valence-corrected chi connectivity index (χ0v) is 11.0. The van der Waals surface area contributed by atoms with Crippen LogP contribution in [-0.2, 0) is 0 Å². The first-order valence-electron chi connectivity index (χ1n) is 6.23. The average Bonchev–Trinajstić information content (AvgIpc) is 2.01. The first-order valence-corrected chi connectivity index (χ1v) is 6.23. The van der Waals surface area contributed by atoms with Gasteiger partial charge in [0.2, 0.25) is 0 Å². The van der Waals surface area contributed by atoms with Gasteiger partial charge in [0.25, 0.3) is 0 Å². The fraction of sp³-hybridized carbons (Fsp3) is 1.00. The van der Waals surface area contributed by atoms with Gasteiger partial charge in [-0.1, -0.05) is 54.4 Å². The topological polar surface area (TPSA) is 0 Å². The van der Waals surface area contributed by atoms with Gasteiger partial charge in [-0.25, -0.2) is 0 Å². The standard InChI is InChI=1S/C14H28/c1-13(2,3)11-9-7-8-10-12(11)14(4,5)6/h11-12H,7-10H2,1-6H3/t11-,12-/m1/s1. The van der Waals surface area contributed by atoms with Crippen LogP contribution < -0.4 is 0 Å². The third-order valence-corrected chi connectivity index (χ3v) is 3.99. The van der Waals surface area contributed by atoms with Crippen molar-refractivity contribution in [2.75, 3.05) is 0 Å². The van der Waals surface area contributed by atoms with Gasteiger partial charge in [0, 0.05) is 0 Å². The summed E-state index contributed by atoms with van der Waals surface area (Å²) in [5, 5.41) is 0. The lowest BCUT2D eigenvalue weighted by Gasteiger charge is -2.46. The molecule has 1 aliphatic carbocycles. The third kappa shape index (κ3) is 2.74. The monoisotopic (exact) mass is 196 g/mol. The van der Waals surface area contributed by atoms with E-state index in [9.17, 15) is 0 Å². The van der Waals surface area contributed by atoms with Gasteiger partial charge in [-0.2, -0.15) is 0 Å². The molecule has 1 aliphatic rings. The van der Waals surface area contributed by atoms with E-state index in [4.69, 9.17) is 0 Å². The van der Waals surface area contributed by atoms with Crippen molar-refractivity contribution in [2.45, 2.75) is 67.2 Å². The molecule has 0 radical (unpaired) electrons. The van der Waals surface area contributed by atoms with Gasteiger partial charge in [0.05, 0.1) is 0 Å². The first-order chi connectivity index (χ1) is 6.23. The van der Waals surface area contributed by atoms with E-state index in [1.165, 1.54) is 25.7 Å². The lowest BCUT2D eigenvalue weighted by molar-refractivity contribution is 0.0335. The van der Waals surface area contributed by atoms with Crippen LogP contribution in [0.5, 0.6) is 0 Å². The maximum atomic E-state index is 2.42. The molecular formula is C14H28. The Morgan fingerprint density at radius 3 is 1.14 bits per heavy atom. The van der Waals surface area contributed by atoms with E-state index in [1.807, 2.05) is 0 Å². The van der Waals surface area contributed by atoms with Crippen molar-refractivity contribution >= 4 is 0 Å². The Morgan fingerprint density at radius 2 is 0.929 bits per heavy atom. The summed E-state index contributed by atoms with van der Waals surface area (Å²) in [6.45, 7) is 14.5. The van der Waals surface area contributed by atoms with Crippen LogP contribution in [0, 0.1) is 22.7 Å². The molecule has 0 aromatic heterocycles. The summed E-state index contributed by atoms with van der Waals surface area (Å²) in [5.41, 5.74) is 0.997. The van der Waals surface area contributed by atoms with Crippen molar-refractivity contribution in [1.82, 2.24) is 0 Å². The van der Waals surface area contributed by atoms with Crippen molar-refractivity contribution < 1.29 is 0 Å². The van der Waals surface area contributed by atoms with Gasteiger partial charge < -0.3 is 0 Å². The molecule has 0 spiro atoms. The van der Waals surface area contributed by atoms with E-state index in [0.29, 0.717) is 10.8 Å². The molecule has 0 heteroatoms. The summed E-state index contributed by atoms with van der Waals surface area (Å²) in [5.74, 6) is 1.85. The van der Waals surface area contributed by atoms with Crippen LogP contribution in [0.25, 0.3) is 0 Å². The minimum absolute atomic E-state index is 0.498. The van der Waals surface area contributed by atoms with E-state index in [-0.39, 0.29) is 0 Å². The Bertz CT molecular complexity index is 155. The van der Waals surface area contributed by atoms with E-state index in [2.05, 4.69) is 41.5 Å². The van der Waals surface area contributed by atoms with Gasteiger partial charge in [0.1, 0.15) is 0 Å². The molecule has 14 heavy (non-hydrogen) atoms. The second kappa shape index (κ2) is 3.87. The predicted octanol–water partition coefficient (Wildman–Crippen LogP) is 4.89. The van der Waals surface area contributed by atoms with E-state index in [1.54, 1.807) is 0 Å². The summed E-state index contributed by atoms with van der Waals surface area (Å²) in [4.78, 5) is 0. The van der Waals surface area contributed by atoms with Crippen LogP contribution in [0.15, 0.2) is 0 Å². The molecule has 0 N–H and O–H groups in total. The summed E-state index contributed by atoms with van der Waals surface area (Å²) >= 11 is 0. The van der Waals surface area contributed by atoms with E-state index >= 15 is 0 Å². The van der Waals surface area contributed by atoms with Crippen LogP contribution in [0.3, 0.4) is 0 Å². The largest absolute Gasteiger partial charge is 0.0599 e. The summed E-state index contributed by atoms with van der Waals surface area (Å²) < 4.78 is 0. The average molecular weight is 196 g/mol. The maximum Gasteiger partial charge on any atom is -0.0332 e. The van der Waals surface area contributed by atoms with Crippen LogP contribution in [0.4, 0.5) is 0 Å².